The van der Waals surface area contributed by atoms with Gasteiger partial charge in [-0.05, 0) is 30.5 Å². The molecule has 7 heteroatoms. The molecule has 0 unspecified atom stereocenters. The summed E-state index contributed by atoms with van der Waals surface area (Å²) in [5.74, 6) is 1.76. The van der Waals surface area contributed by atoms with Gasteiger partial charge in [0.1, 0.15) is 12.4 Å². The van der Waals surface area contributed by atoms with Gasteiger partial charge in [0.15, 0.2) is 5.96 Å². The number of hydrogen-bond donors (Lipinski definition) is 2. The quantitative estimate of drug-likeness (QED) is 0.269. The Hall–Kier alpha value is -1.32. The highest BCUT2D eigenvalue weighted by Crippen LogP contribution is 2.14. The molecule has 0 amide bonds. The molecule has 1 fully saturated rings. The number of guanidine groups is 1. The summed E-state index contributed by atoms with van der Waals surface area (Å²) in [6, 6.07) is 8.71. The van der Waals surface area contributed by atoms with Crippen LogP contribution in [0.15, 0.2) is 41.4 Å². The van der Waals surface area contributed by atoms with Crippen LogP contribution < -0.4 is 15.4 Å². The van der Waals surface area contributed by atoms with E-state index in [1.807, 2.05) is 19.2 Å². The molecule has 3 rings (SSSR count). The van der Waals surface area contributed by atoms with Crippen molar-refractivity contribution in [3.63, 3.8) is 0 Å². The predicted molar refractivity (Wildman–Crippen MR) is 120 cm³/mol. The van der Waals surface area contributed by atoms with Crippen molar-refractivity contribution in [3.8, 4) is 5.75 Å². The maximum Gasteiger partial charge on any atom is 0.191 e. The van der Waals surface area contributed by atoms with Gasteiger partial charge in [0.05, 0.1) is 13.2 Å². The molecular formula is C20H31IN4O2. The van der Waals surface area contributed by atoms with E-state index >= 15 is 0 Å². The highest BCUT2D eigenvalue weighted by atomic mass is 127. The standard InChI is InChI=1S/C20H30N4O2.HI/c1-21-20(23-18-6-2-3-7-18)22-16-17-5-4-8-19(15-17)26-14-11-24-9-12-25-13-10-24;/h2-5,8,15,18H,6-7,9-14,16H2,1H3,(H2,21,22,23);1H. The Morgan fingerprint density at radius 3 is 2.78 bits per heavy atom. The van der Waals surface area contributed by atoms with Crippen LogP contribution in [-0.4, -0.2) is 63.4 Å². The number of benzene rings is 1. The molecule has 1 aromatic carbocycles. The number of aliphatic imine (C=N–C) groups is 1. The topological polar surface area (TPSA) is 58.1 Å². The summed E-state index contributed by atoms with van der Waals surface area (Å²) in [5.41, 5.74) is 1.18. The molecule has 2 aliphatic rings. The second kappa shape index (κ2) is 12.2. The van der Waals surface area contributed by atoms with E-state index in [1.54, 1.807) is 0 Å². The van der Waals surface area contributed by atoms with E-state index in [4.69, 9.17) is 9.47 Å². The fourth-order valence-corrected chi connectivity index (χ4v) is 3.17. The normalized spacial score (nSPS) is 18.2. The van der Waals surface area contributed by atoms with Crippen LogP contribution in [-0.2, 0) is 11.3 Å². The van der Waals surface area contributed by atoms with E-state index in [-0.39, 0.29) is 24.0 Å². The predicted octanol–water partition coefficient (Wildman–Crippen LogP) is 2.40. The lowest BCUT2D eigenvalue weighted by Crippen LogP contribution is -2.42. The van der Waals surface area contributed by atoms with Gasteiger partial charge in [-0.15, -0.1) is 24.0 Å². The minimum absolute atomic E-state index is 0. The Bertz CT molecular complexity index is 610. The third-order valence-corrected chi connectivity index (χ3v) is 4.71. The van der Waals surface area contributed by atoms with Crippen molar-refractivity contribution in [2.24, 2.45) is 4.99 Å². The van der Waals surface area contributed by atoms with Gasteiger partial charge in [-0.3, -0.25) is 9.89 Å². The first-order valence-electron chi connectivity index (χ1n) is 9.47. The lowest BCUT2D eigenvalue weighted by atomic mass is 10.2. The summed E-state index contributed by atoms with van der Waals surface area (Å²) < 4.78 is 11.3. The molecule has 1 heterocycles. The van der Waals surface area contributed by atoms with Gasteiger partial charge in [-0.1, -0.05) is 24.3 Å². The molecule has 0 saturated carbocycles. The highest BCUT2D eigenvalue weighted by Gasteiger charge is 2.12. The molecule has 0 bridgehead atoms. The Kier molecular flexibility index (Phi) is 9.93. The molecule has 27 heavy (non-hydrogen) atoms. The Labute approximate surface area is 179 Å². The largest absolute Gasteiger partial charge is 0.492 e. The van der Waals surface area contributed by atoms with Crippen LogP contribution in [0.5, 0.6) is 5.75 Å². The van der Waals surface area contributed by atoms with Crippen LogP contribution >= 0.6 is 24.0 Å². The van der Waals surface area contributed by atoms with E-state index in [9.17, 15) is 0 Å². The van der Waals surface area contributed by atoms with Gasteiger partial charge >= 0.3 is 0 Å². The van der Waals surface area contributed by atoms with Gasteiger partial charge in [0.25, 0.3) is 0 Å². The van der Waals surface area contributed by atoms with Crippen LogP contribution in [0, 0.1) is 0 Å². The lowest BCUT2D eigenvalue weighted by Gasteiger charge is -2.26. The van der Waals surface area contributed by atoms with Crippen LogP contribution in [0.4, 0.5) is 0 Å². The Morgan fingerprint density at radius 1 is 1.26 bits per heavy atom. The maximum atomic E-state index is 5.93. The number of nitrogens with one attached hydrogen (secondary N) is 2. The average molecular weight is 486 g/mol. The molecule has 1 aromatic rings. The first kappa shape index (κ1) is 22.0. The van der Waals surface area contributed by atoms with Gasteiger partial charge < -0.3 is 20.1 Å². The monoisotopic (exact) mass is 486 g/mol. The number of halogens is 1. The molecule has 0 spiro atoms. The SMILES string of the molecule is CN=C(NCc1cccc(OCCN2CCOCC2)c1)NC1CC=CC1.I. The summed E-state index contributed by atoms with van der Waals surface area (Å²) in [6.07, 6.45) is 6.55. The zero-order valence-electron chi connectivity index (χ0n) is 16.0. The molecule has 0 radical (unpaired) electrons. The van der Waals surface area contributed by atoms with E-state index in [0.29, 0.717) is 12.6 Å². The summed E-state index contributed by atoms with van der Waals surface area (Å²) in [5, 5.41) is 6.83. The maximum absolute atomic E-state index is 5.93. The minimum atomic E-state index is 0. The second-order valence-corrected chi connectivity index (χ2v) is 6.66. The van der Waals surface area contributed by atoms with Crippen molar-refractivity contribution in [1.29, 1.82) is 0 Å². The van der Waals surface area contributed by atoms with Crippen LogP contribution in [0.1, 0.15) is 18.4 Å². The van der Waals surface area contributed by atoms with Crippen LogP contribution in [0.3, 0.4) is 0 Å². The zero-order valence-corrected chi connectivity index (χ0v) is 18.4. The second-order valence-electron chi connectivity index (χ2n) is 6.66. The number of hydrogen-bond acceptors (Lipinski definition) is 4. The van der Waals surface area contributed by atoms with Crippen LogP contribution in [0.2, 0.25) is 0 Å². The first-order valence-corrected chi connectivity index (χ1v) is 9.47. The fraction of sp³-hybridized carbons (Fsp3) is 0.550. The first-order chi connectivity index (χ1) is 12.8. The third-order valence-electron chi connectivity index (χ3n) is 4.71. The van der Waals surface area contributed by atoms with Crippen molar-refractivity contribution in [2.45, 2.75) is 25.4 Å². The van der Waals surface area contributed by atoms with Crippen molar-refractivity contribution >= 4 is 29.9 Å². The van der Waals surface area contributed by atoms with E-state index in [2.05, 4.69) is 44.8 Å². The van der Waals surface area contributed by atoms with Crippen LogP contribution in [0.25, 0.3) is 0 Å². The minimum Gasteiger partial charge on any atom is -0.492 e. The smallest absolute Gasteiger partial charge is 0.191 e. The van der Waals surface area contributed by atoms with Gasteiger partial charge in [0.2, 0.25) is 0 Å². The number of morpholine rings is 1. The molecule has 1 aliphatic heterocycles. The molecular weight excluding hydrogens is 455 g/mol. The van der Waals surface area contributed by atoms with E-state index in [0.717, 1.165) is 63.9 Å². The van der Waals surface area contributed by atoms with Crippen molar-refractivity contribution in [1.82, 2.24) is 15.5 Å². The Morgan fingerprint density at radius 2 is 2.04 bits per heavy atom. The summed E-state index contributed by atoms with van der Waals surface area (Å²) in [7, 11) is 1.81. The average Bonchev–Trinajstić information content (AvgIpc) is 3.19. The van der Waals surface area contributed by atoms with Gasteiger partial charge in [-0.2, -0.15) is 0 Å². The van der Waals surface area contributed by atoms with Crippen molar-refractivity contribution in [3.05, 3.63) is 42.0 Å². The fourth-order valence-electron chi connectivity index (χ4n) is 3.17. The van der Waals surface area contributed by atoms with Gasteiger partial charge in [-0.25, -0.2) is 0 Å². The van der Waals surface area contributed by atoms with E-state index in [1.165, 1.54) is 5.56 Å². The number of rotatable bonds is 7. The molecule has 2 N–H and O–H groups in total. The summed E-state index contributed by atoms with van der Waals surface area (Å²) in [6.45, 7) is 6.01. The summed E-state index contributed by atoms with van der Waals surface area (Å²) in [4.78, 5) is 6.69. The Balaban J connectivity index is 0.00000261. The number of ether oxygens (including phenoxy) is 2. The molecule has 0 atom stereocenters. The van der Waals surface area contributed by atoms with Gasteiger partial charge in [0, 0.05) is 39.3 Å². The van der Waals surface area contributed by atoms with Crippen molar-refractivity contribution < 1.29 is 9.47 Å². The highest BCUT2D eigenvalue weighted by molar-refractivity contribution is 14.0. The third kappa shape index (κ3) is 7.67. The molecule has 1 saturated heterocycles. The summed E-state index contributed by atoms with van der Waals surface area (Å²) >= 11 is 0. The zero-order chi connectivity index (χ0) is 18.0. The molecule has 0 aromatic heterocycles. The molecule has 150 valence electrons. The molecule has 1 aliphatic carbocycles. The number of nitrogens with zero attached hydrogens (tertiary/aromatic N) is 2. The lowest BCUT2D eigenvalue weighted by molar-refractivity contribution is 0.0322. The van der Waals surface area contributed by atoms with Crippen molar-refractivity contribution in [2.75, 3.05) is 46.5 Å². The van der Waals surface area contributed by atoms with E-state index < -0.39 is 0 Å². The molecule has 6 nitrogen and oxygen atoms in total.